The summed E-state index contributed by atoms with van der Waals surface area (Å²) in [5.74, 6) is 0.265. The van der Waals surface area contributed by atoms with Gasteiger partial charge >= 0.3 is 0 Å². The van der Waals surface area contributed by atoms with Gasteiger partial charge in [0, 0.05) is 5.33 Å². The second-order valence-electron chi connectivity index (χ2n) is 4.16. The summed E-state index contributed by atoms with van der Waals surface area (Å²) >= 11 is 3.34. The highest BCUT2D eigenvalue weighted by Crippen LogP contribution is 2.15. The first-order valence-corrected chi connectivity index (χ1v) is 8.75. The maximum atomic E-state index is 12.0. The van der Waals surface area contributed by atoms with Crippen LogP contribution in [0, 0.1) is 0 Å². The second-order valence-corrected chi connectivity index (χ2v) is 6.83. The fourth-order valence-corrected chi connectivity index (χ4v) is 3.37. The van der Waals surface area contributed by atoms with Crippen molar-refractivity contribution in [1.82, 2.24) is 0 Å². The molecule has 0 fully saturated rings. The standard InChI is InChI=1S/C13H19BrO2S/c1-2-3-4-5-10-17(15,16)13-8-6-12(11-14)7-9-13/h6-9H,2-5,10-11H2,1H3. The minimum Gasteiger partial charge on any atom is -0.224 e. The smallest absolute Gasteiger partial charge is 0.178 e. The van der Waals surface area contributed by atoms with Crippen molar-refractivity contribution < 1.29 is 8.42 Å². The highest BCUT2D eigenvalue weighted by atomic mass is 79.9. The molecule has 0 N–H and O–H groups in total. The van der Waals surface area contributed by atoms with Crippen LogP contribution in [0.1, 0.15) is 38.2 Å². The van der Waals surface area contributed by atoms with Gasteiger partial charge in [0.05, 0.1) is 10.6 Å². The highest BCUT2D eigenvalue weighted by Gasteiger charge is 2.13. The van der Waals surface area contributed by atoms with Gasteiger partial charge < -0.3 is 0 Å². The third kappa shape index (κ3) is 4.80. The lowest BCUT2D eigenvalue weighted by molar-refractivity contribution is 0.589. The van der Waals surface area contributed by atoms with Crippen molar-refractivity contribution in [3.05, 3.63) is 29.8 Å². The molecule has 0 amide bonds. The molecule has 0 radical (unpaired) electrons. The van der Waals surface area contributed by atoms with Crippen LogP contribution in [-0.2, 0) is 15.2 Å². The molecule has 0 spiro atoms. The van der Waals surface area contributed by atoms with Gasteiger partial charge in [0.1, 0.15) is 0 Å². The van der Waals surface area contributed by atoms with E-state index in [2.05, 4.69) is 22.9 Å². The molecule has 2 nitrogen and oxygen atoms in total. The van der Waals surface area contributed by atoms with E-state index in [1.54, 1.807) is 12.1 Å². The molecule has 0 unspecified atom stereocenters. The number of benzene rings is 1. The van der Waals surface area contributed by atoms with E-state index in [0.717, 1.165) is 36.6 Å². The topological polar surface area (TPSA) is 34.1 Å². The van der Waals surface area contributed by atoms with E-state index in [0.29, 0.717) is 4.90 Å². The van der Waals surface area contributed by atoms with Gasteiger partial charge in [-0.05, 0) is 24.1 Å². The van der Waals surface area contributed by atoms with Gasteiger partial charge in [0.25, 0.3) is 0 Å². The Morgan fingerprint density at radius 3 is 2.24 bits per heavy atom. The summed E-state index contributed by atoms with van der Waals surface area (Å²) in [6.45, 7) is 2.12. The average Bonchev–Trinajstić information content (AvgIpc) is 2.35. The average molecular weight is 319 g/mol. The molecule has 0 saturated heterocycles. The Morgan fingerprint density at radius 2 is 1.71 bits per heavy atom. The Kier molecular flexibility index (Phi) is 6.20. The molecule has 0 aliphatic carbocycles. The summed E-state index contributed by atoms with van der Waals surface area (Å²) in [4.78, 5) is 0.443. The van der Waals surface area contributed by atoms with Gasteiger partial charge in [-0.2, -0.15) is 0 Å². The zero-order valence-corrected chi connectivity index (χ0v) is 12.6. The van der Waals surface area contributed by atoms with Crippen LogP contribution in [0.4, 0.5) is 0 Å². The van der Waals surface area contributed by atoms with E-state index in [9.17, 15) is 8.42 Å². The molecule has 4 heteroatoms. The fourth-order valence-electron chi connectivity index (χ4n) is 1.62. The summed E-state index contributed by atoms with van der Waals surface area (Å²) in [6.07, 6.45) is 3.99. The molecule has 1 rings (SSSR count). The van der Waals surface area contributed by atoms with Crippen LogP contribution in [0.25, 0.3) is 0 Å². The third-order valence-corrected chi connectivity index (χ3v) is 5.17. The van der Waals surface area contributed by atoms with Crippen LogP contribution in [0.3, 0.4) is 0 Å². The SMILES string of the molecule is CCCCCCS(=O)(=O)c1ccc(CBr)cc1. The lowest BCUT2D eigenvalue weighted by Crippen LogP contribution is -2.06. The molecular weight excluding hydrogens is 300 g/mol. The van der Waals surface area contributed by atoms with Gasteiger partial charge in [-0.3, -0.25) is 0 Å². The maximum Gasteiger partial charge on any atom is 0.178 e. The minimum atomic E-state index is -3.08. The van der Waals surface area contributed by atoms with E-state index in [4.69, 9.17) is 0 Å². The van der Waals surface area contributed by atoms with Crippen molar-refractivity contribution in [3.63, 3.8) is 0 Å². The van der Waals surface area contributed by atoms with Crippen LogP contribution in [-0.4, -0.2) is 14.2 Å². The Balaban J connectivity index is 2.62. The first-order chi connectivity index (χ1) is 8.10. The Bertz CT molecular complexity index is 423. The molecule has 0 heterocycles. The molecular formula is C13H19BrO2S. The van der Waals surface area contributed by atoms with Gasteiger partial charge in [0.2, 0.25) is 0 Å². The van der Waals surface area contributed by atoms with Crippen LogP contribution < -0.4 is 0 Å². The zero-order valence-electron chi connectivity index (χ0n) is 10.2. The van der Waals surface area contributed by atoms with E-state index in [-0.39, 0.29) is 5.75 Å². The quantitative estimate of drug-likeness (QED) is 0.563. The van der Waals surface area contributed by atoms with Gasteiger partial charge in [0.15, 0.2) is 9.84 Å². The number of halogens is 1. The molecule has 1 aromatic carbocycles. The minimum absolute atomic E-state index is 0.265. The van der Waals surface area contributed by atoms with Crippen LogP contribution in [0.2, 0.25) is 0 Å². The van der Waals surface area contributed by atoms with Crippen molar-refractivity contribution in [2.45, 2.75) is 42.8 Å². The van der Waals surface area contributed by atoms with Crippen molar-refractivity contribution in [1.29, 1.82) is 0 Å². The number of rotatable bonds is 7. The van der Waals surface area contributed by atoms with Crippen molar-refractivity contribution >= 4 is 25.8 Å². The number of hydrogen-bond acceptors (Lipinski definition) is 2. The highest BCUT2D eigenvalue weighted by molar-refractivity contribution is 9.08. The summed E-state index contributed by atoms with van der Waals surface area (Å²) in [6, 6.07) is 7.11. The predicted molar refractivity (Wildman–Crippen MR) is 75.3 cm³/mol. The Labute approximate surface area is 112 Å². The predicted octanol–water partition coefficient (Wildman–Crippen LogP) is 3.94. The monoisotopic (exact) mass is 318 g/mol. The first-order valence-electron chi connectivity index (χ1n) is 5.98. The molecule has 0 aliphatic rings. The molecule has 1 aromatic rings. The molecule has 0 bridgehead atoms. The number of alkyl halides is 1. The maximum absolute atomic E-state index is 12.0. The lowest BCUT2D eigenvalue weighted by Gasteiger charge is -2.05. The zero-order chi connectivity index (χ0) is 12.7. The second kappa shape index (κ2) is 7.17. The fraction of sp³-hybridized carbons (Fsp3) is 0.538. The first kappa shape index (κ1) is 14.7. The van der Waals surface area contributed by atoms with Gasteiger partial charge in [-0.25, -0.2) is 8.42 Å². The molecule has 0 saturated carbocycles. The lowest BCUT2D eigenvalue weighted by atomic mass is 10.2. The number of hydrogen-bond donors (Lipinski definition) is 0. The molecule has 17 heavy (non-hydrogen) atoms. The van der Waals surface area contributed by atoms with Crippen LogP contribution >= 0.6 is 15.9 Å². The Hall–Kier alpha value is -0.350. The van der Waals surface area contributed by atoms with Crippen molar-refractivity contribution in [2.24, 2.45) is 0 Å². The van der Waals surface area contributed by atoms with Crippen LogP contribution in [0.15, 0.2) is 29.2 Å². The van der Waals surface area contributed by atoms with Crippen molar-refractivity contribution in [3.8, 4) is 0 Å². The molecule has 96 valence electrons. The van der Waals surface area contributed by atoms with E-state index in [1.165, 1.54) is 0 Å². The number of unbranched alkanes of at least 4 members (excludes halogenated alkanes) is 3. The van der Waals surface area contributed by atoms with Gasteiger partial charge in [-0.1, -0.05) is 54.2 Å². The largest absolute Gasteiger partial charge is 0.224 e. The number of sulfone groups is 1. The summed E-state index contributed by atoms with van der Waals surface area (Å²) < 4.78 is 24.0. The summed E-state index contributed by atoms with van der Waals surface area (Å²) in [5, 5.41) is 0.754. The van der Waals surface area contributed by atoms with Crippen LogP contribution in [0.5, 0.6) is 0 Å². The van der Waals surface area contributed by atoms with E-state index < -0.39 is 9.84 Å². The third-order valence-electron chi connectivity index (χ3n) is 2.70. The van der Waals surface area contributed by atoms with Gasteiger partial charge in [-0.15, -0.1) is 0 Å². The van der Waals surface area contributed by atoms with E-state index >= 15 is 0 Å². The summed E-state index contributed by atoms with van der Waals surface area (Å²) in [5.41, 5.74) is 1.09. The van der Waals surface area contributed by atoms with E-state index in [1.807, 2.05) is 12.1 Å². The molecule has 0 aliphatic heterocycles. The molecule has 0 aromatic heterocycles. The van der Waals surface area contributed by atoms with Crippen molar-refractivity contribution in [2.75, 3.05) is 5.75 Å². The summed E-state index contributed by atoms with van der Waals surface area (Å²) in [7, 11) is -3.08. The Morgan fingerprint density at radius 1 is 1.06 bits per heavy atom. The molecule has 0 atom stereocenters. The normalized spacial score (nSPS) is 11.6.